The van der Waals surface area contributed by atoms with Crippen molar-refractivity contribution in [2.24, 2.45) is 0 Å². The molecule has 4 rings (SSSR count). The van der Waals surface area contributed by atoms with Crippen LogP contribution in [0.25, 0.3) is 31.7 Å². The van der Waals surface area contributed by atoms with Gasteiger partial charge in [0.25, 0.3) is 5.56 Å². The Labute approximate surface area is 154 Å². The van der Waals surface area contributed by atoms with E-state index in [0.717, 1.165) is 22.2 Å². The lowest BCUT2D eigenvalue weighted by Crippen LogP contribution is -2.27. The number of rotatable bonds is 3. The number of hydrogen-bond donors (Lipinski definition) is 0. The molecule has 0 unspecified atom stereocenters. The molecule has 0 bridgehead atoms. The van der Waals surface area contributed by atoms with E-state index < -0.39 is 0 Å². The Bertz CT molecular complexity index is 1240. The van der Waals surface area contributed by atoms with Crippen molar-refractivity contribution >= 4 is 31.6 Å². The summed E-state index contributed by atoms with van der Waals surface area (Å²) in [4.78, 5) is 31.3. The van der Waals surface area contributed by atoms with Gasteiger partial charge in [-0.15, -0.1) is 11.3 Å². The average molecular weight is 362 g/mol. The Morgan fingerprint density at radius 3 is 2.50 bits per heavy atom. The first-order chi connectivity index (χ1) is 12.6. The molecule has 0 saturated heterocycles. The van der Waals surface area contributed by atoms with Gasteiger partial charge in [-0.05, 0) is 25.5 Å². The Kier molecular flexibility index (Phi) is 4.17. The Morgan fingerprint density at radius 1 is 1.04 bits per heavy atom. The molecular formula is C21H18N2O2S. The first-order valence-electron chi connectivity index (χ1n) is 8.63. The van der Waals surface area contributed by atoms with Gasteiger partial charge in [-0.2, -0.15) is 0 Å². The number of benzene rings is 2. The second-order valence-electron chi connectivity index (χ2n) is 6.37. The van der Waals surface area contributed by atoms with Crippen molar-refractivity contribution < 1.29 is 0 Å². The number of nitrogens with zero attached hydrogens (tertiary/aromatic N) is 2. The maximum Gasteiger partial charge on any atom is 0.266 e. The van der Waals surface area contributed by atoms with E-state index in [1.54, 1.807) is 10.6 Å². The Morgan fingerprint density at radius 2 is 1.77 bits per heavy atom. The van der Waals surface area contributed by atoms with Gasteiger partial charge in [0.2, 0.25) is 5.43 Å². The van der Waals surface area contributed by atoms with Gasteiger partial charge in [0.05, 0.1) is 0 Å². The maximum atomic E-state index is 13.2. The highest BCUT2D eigenvalue weighted by Gasteiger charge is 2.17. The lowest BCUT2D eigenvalue weighted by Gasteiger charge is -2.13. The van der Waals surface area contributed by atoms with Crippen molar-refractivity contribution in [3.63, 3.8) is 0 Å². The fourth-order valence-corrected chi connectivity index (χ4v) is 4.18. The minimum atomic E-state index is -0.251. The summed E-state index contributed by atoms with van der Waals surface area (Å²) in [5.74, 6) is 0.621. The van der Waals surface area contributed by atoms with Crippen molar-refractivity contribution in [1.29, 1.82) is 0 Å². The molecule has 26 heavy (non-hydrogen) atoms. The summed E-state index contributed by atoms with van der Waals surface area (Å²) in [6, 6.07) is 15.3. The third-order valence-corrected chi connectivity index (χ3v) is 5.52. The number of hydrogen-bond acceptors (Lipinski definition) is 4. The second kappa shape index (κ2) is 6.50. The fourth-order valence-electron chi connectivity index (χ4n) is 3.14. The van der Waals surface area contributed by atoms with Crippen LogP contribution in [0.5, 0.6) is 0 Å². The quantitative estimate of drug-likeness (QED) is 0.509. The van der Waals surface area contributed by atoms with E-state index in [9.17, 15) is 9.59 Å². The van der Waals surface area contributed by atoms with Crippen LogP contribution in [0, 0.1) is 6.92 Å². The molecule has 2 aromatic heterocycles. The molecule has 0 aliphatic carbocycles. The number of aromatic nitrogens is 2. The highest BCUT2D eigenvalue weighted by molar-refractivity contribution is 7.24. The summed E-state index contributed by atoms with van der Waals surface area (Å²) >= 11 is 1.39. The molecule has 130 valence electrons. The highest BCUT2D eigenvalue weighted by Crippen LogP contribution is 2.25. The molecule has 0 radical (unpaired) electrons. The van der Waals surface area contributed by atoms with E-state index in [4.69, 9.17) is 4.98 Å². The lowest BCUT2D eigenvalue weighted by molar-refractivity contribution is 0.656. The molecule has 0 fully saturated rings. The summed E-state index contributed by atoms with van der Waals surface area (Å²) in [5, 5.41) is 0.771. The van der Waals surface area contributed by atoms with Crippen LogP contribution in [0.15, 0.2) is 58.1 Å². The first kappa shape index (κ1) is 16.7. The predicted molar refractivity (Wildman–Crippen MR) is 108 cm³/mol. The van der Waals surface area contributed by atoms with Gasteiger partial charge in [-0.3, -0.25) is 14.2 Å². The summed E-state index contributed by atoms with van der Waals surface area (Å²) < 4.78 is 2.48. The Balaban J connectivity index is 2.14. The van der Waals surface area contributed by atoms with E-state index in [1.165, 1.54) is 11.3 Å². The third-order valence-electron chi connectivity index (χ3n) is 4.46. The monoisotopic (exact) mass is 362 g/mol. The topological polar surface area (TPSA) is 52.0 Å². The zero-order valence-corrected chi connectivity index (χ0v) is 15.5. The normalized spacial score (nSPS) is 11.3. The number of fused-ring (bicyclic) bond motifs is 2. The van der Waals surface area contributed by atoms with Gasteiger partial charge >= 0.3 is 0 Å². The van der Waals surface area contributed by atoms with Crippen LogP contribution in [0.2, 0.25) is 0 Å². The van der Waals surface area contributed by atoms with E-state index in [2.05, 4.69) is 0 Å². The minimum Gasteiger partial charge on any atom is -0.292 e. The van der Waals surface area contributed by atoms with Gasteiger partial charge in [-0.25, -0.2) is 4.98 Å². The Hall–Kier alpha value is -2.79. The van der Waals surface area contributed by atoms with Crippen LogP contribution in [-0.4, -0.2) is 9.55 Å². The van der Waals surface area contributed by atoms with Crippen molar-refractivity contribution in [2.45, 2.75) is 26.8 Å². The standard InChI is InChI=1S/C21H18N2O2S/c1-3-12-23-19(14-10-8-13(2)9-11-14)22-20-17(21(23)25)18(24)15-6-4-5-7-16(15)26-20/h4-11H,3,12H2,1-2H3. The summed E-state index contributed by atoms with van der Waals surface area (Å²) in [5.41, 5.74) is 1.55. The molecule has 0 saturated carbocycles. The molecule has 0 aliphatic rings. The van der Waals surface area contributed by atoms with Gasteiger partial charge in [-0.1, -0.05) is 48.9 Å². The molecular weight excluding hydrogens is 344 g/mol. The van der Waals surface area contributed by atoms with Gasteiger partial charge in [0.15, 0.2) is 0 Å². The highest BCUT2D eigenvalue weighted by atomic mass is 32.1. The second-order valence-corrected chi connectivity index (χ2v) is 7.40. The first-order valence-corrected chi connectivity index (χ1v) is 9.45. The van der Waals surface area contributed by atoms with Crippen molar-refractivity contribution in [1.82, 2.24) is 9.55 Å². The lowest BCUT2D eigenvalue weighted by atomic mass is 10.1. The molecule has 5 heteroatoms. The molecule has 4 nitrogen and oxygen atoms in total. The zero-order valence-electron chi connectivity index (χ0n) is 14.7. The zero-order chi connectivity index (χ0) is 18.3. The molecule has 0 aliphatic heterocycles. The van der Waals surface area contributed by atoms with Gasteiger partial charge in [0, 0.05) is 22.2 Å². The maximum absolute atomic E-state index is 13.2. The molecule has 2 heterocycles. The van der Waals surface area contributed by atoms with Gasteiger partial charge < -0.3 is 0 Å². The average Bonchev–Trinajstić information content (AvgIpc) is 2.64. The smallest absolute Gasteiger partial charge is 0.266 e. The van der Waals surface area contributed by atoms with Crippen molar-refractivity contribution in [3.8, 4) is 11.4 Å². The molecule has 0 amide bonds. The summed E-state index contributed by atoms with van der Waals surface area (Å²) in [6.07, 6.45) is 0.789. The third kappa shape index (κ3) is 2.65. The van der Waals surface area contributed by atoms with Crippen LogP contribution < -0.4 is 11.0 Å². The van der Waals surface area contributed by atoms with E-state index in [0.29, 0.717) is 22.6 Å². The van der Waals surface area contributed by atoms with E-state index in [-0.39, 0.29) is 16.4 Å². The summed E-state index contributed by atoms with van der Waals surface area (Å²) in [7, 11) is 0. The van der Waals surface area contributed by atoms with E-state index >= 15 is 0 Å². The molecule has 2 aromatic carbocycles. The molecule has 0 spiro atoms. The molecule has 4 aromatic rings. The molecule has 0 N–H and O–H groups in total. The largest absolute Gasteiger partial charge is 0.292 e. The molecule has 0 atom stereocenters. The van der Waals surface area contributed by atoms with E-state index in [1.807, 2.05) is 56.3 Å². The van der Waals surface area contributed by atoms with Crippen LogP contribution in [-0.2, 0) is 6.54 Å². The predicted octanol–water partition coefficient (Wildman–Crippen LogP) is 4.36. The van der Waals surface area contributed by atoms with Crippen LogP contribution in [0.3, 0.4) is 0 Å². The summed E-state index contributed by atoms with van der Waals surface area (Å²) in [6.45, 7) is 4.56. The van der Waals surface area contributed by atoms with Crippen LogP contribution in [0.1, 0.15) is 18.9 Å². The van der Waals surface area contributed by atoms with Crippen molar-refractivity contribution in [2.75, 3.05) is 0 Å². The van der Waals surface area contributed by atoms with Crippen LogP contribution >= 0.6 is 11.3 Å². The van der Waals surface area contributed by atoms with Crippen molar-refractivity contribution in [3.05, 3.63) is 74.7 Å². The van der Waals surface area contributed by atoms with Crippen LogP contribution in [0.4, 0.5) is 0 Å². The minimum absolute atomic E-state index is 0.193. The fraction of sp³-hybridized carbons (Fsp3) is 0.190. The number of aryl methyl sites for hydroxylation is 1. The SMILES string of the molecule is CCCn1c(-c2ccc(C)cc2)nc2sc3ccccc3c(=O)c2c1=O. The van der Waals surface area contributed by atoms with Gasteiger partial charge in [0.1, 0.15) is 16.0 Å².